The van der Waals surface area contributed by atoms with Crippen molar-refractivity contribution in [2.75, 3.05) is 12.0 Å². The number of nitrogens with one attached hydrogen (secondary N) is 3. The van der Waals surface area contributed by atoms with Crippen molar-refractivity contribution < 1.29 is 34.2 Å². The van der Waals surface area contributed by atoms with E-state index in [4.69, 9.17) is 11.5 Å². The number of aliphatic carboxylic acids is 1. The minimum Gasteiger partial charge on any atom is -0.508 e. The third-order valence-corrected chi connectivity index (χ3v) is 6.43. The molecular weight excluding hydrogens is 502 g/mol. The minimum atomic E-state index is -1.28. The van der Waals surface area contributed by atoms with Crippen molar-refractivity contribution in [2.45, 2.75) is 63.7 Å². The van der Waals surface area contributed by atoms with Gasteiger partial charge >= 0.3 is 5.97 Å². The molecule has 0 radical (unpaired) electrons. The first-order chi connectivity index (χ1) is 17.4. The number of carbonyl (C=O) groups is 5. The average molecular weight is 540 g/mol. The average Bonchev–Trinajstić information content (AvgIpc) is 2.84. The van der Waals surface area contributed by atoms with Crippen molar-refractivity contribution in [1.82, 2.24) is 16.0 Å². The summed E-state index contributed by atoms with van der Waals surface area (Å²) in [5.41, 5.74) is 11.4. The first-order valence-electron chi connectivity index (χ1n) is 11.8. The van der Waals surface area contributed by atoms with Crippen LogP contribution in [-0.2, 0) is 30.4 Å². The van der Waals surface area contributed by atoms with Crippen LogP contribution in [0, 0.1) is 5.92 Å². The number of carbonyl (C=O) groups excluding carboxylic acids is 4. The molecule has 206 valence electrons. The van der Waals surface area contributed by atoms with Gasteiger partial charge in [0.15, 0.2) is 0 Å². The number of benzene rings is 1. The van der Waals surface area contributed by atoms with E-state index in [0.717, 1.165) is 0 Å². The molecule has 0 spiro atoms. The smallest absolute Gasteiger partial charge is 0.326 e. The van der Waals surface area contributed by atoms with E-state index in [9.17, 15) is 34.2 Å². The molecule has 37 heavy (non-hydrogen) atoms. The van der Waals surface area contributed by atoms with Gasteiger partial charge in [-0.1, -0.05) is 32.4 Å². The van der Waals surface area contributed by atoms with Crippen molar-refractivity contribution in [3.05, 3.63) is 29.8 Å². The number of carboxylic acids is 1. The predicted octanol–water partition coefficient (Wildman–Crippen LogP) is -0.524. The molecule has 1 rings (SSSR count). The molecule has 13 heteroatoms. The van der Waals surface area contributed by atoms with Gasteiger partial charge in [-0.2, -0.15) is 11.8 Å². The zero-order chi connectivity index (χ0) is 28.1. The van der Waals surface area contributed by atoms with Crippen LogP contribution >= 0.6 is 11.8 Å². The Hall–Kier alpha value is -3.32. The van der Waals surface area contributed by atoms with Gasteiger partial charge in [-0.05, 0) is 42.0 Å². The molecule has 12 nitrogen and oxygen atoms in total. The highest BCUT2D eigenvalue weighted by molar-refractivity contribution is 7.98. The molecule has 1 aromatic rings. The summed E-state index contributed by atoms with van der Waals surface area (Å²) in [6.45, 7) is 3.55. The van der Waals surface area contributed by atoms with Crippen LogP contribution in [0.1, 0.15) is 38.7 Å². The highest BCUT2D eigenvalue weighted by Crippen LogP contribution is 2.14. The molecule has 5 unspecified atom stereocenters. The summed E-state index contributed by atoms with van der Waals surface area (Å²) in [5, 5.41) is 26.6. The molecule has 0 heterocycles. The molecule has 0 bridgehead atoms. The lowest BCUT2D eigenvalue weighted by Crippen LogP contribution is -2.59. The number of aromatic hydroxyl groups is 1. The molecule has 0 saturated carbocycles. The number of nitrogens with two attached hydrogens (primary N) is 2. The van der Waals surface area contributed by atoms with Crippen LogP contribution in [0.5, 0.6) is 5.75 Å². The molecule has 9 N–H and O–H groups in total. The van der Waals surface area contributed by atoms with Gasteiger partial charge in [0.2, 0.25) is 23.6 Å². The molecule has 0 aromatic heterocycles. The van der Waals surface area contributed by atoms with Crippen LogP contribution in [0.4, 0.5) is 0 Å². The fourth-order valence-electron chi connectivity index (χ4n) is 3.38. The molecule has 5 atom stereocenters. The number of thioether (sulfide) groups is 1. The van der Waals surface area contributed by atoms with Gasteiger partial charge in [-0.3, -0.25) is 19.2 Å². The zero-order valence-corrected chi connectivity index (χ0v) is 22.0. The lowest BCUT2D eigenvalue weighted by atomic mass is 9.96. The standard InChI is InChI=1S/C24H37N5O7S/c1-4-13(2)20(23(34)27-17(24(35)36)9-10-37-3)29-22(33)18(11-14-5-7-15(30)8-6-14)28-21(32)16(25)12-19(26)31/h5-8,13,16-18,20,30H,4,9-12,25H2,1-3H3,(H2,26,31)(H,27,34)(H,28,32)(H,29,33)(H,35,36). The number of phenolic OH excluding ortho intramolecular Hbond substituents is 1. The van der Waals surface area contributed by atoms with Crippen LogP contribution < -0.4 is 27.4 Å². The van der Waals surface area contributed by atoms with E-state index >= 15 is 0 Å². The fourth-order valence-corrected chi connectivity index (χ4v) is 3.85. The number of amides is 4. The highest BCUT2D eigenvalue weighted by Gasteiger charge is 2.33. The Bertz CT molecular complexity index is 944. The topological polar surface area (TPSA) is 214 Å². The molecule has 0 aliphatic heterocycles. The van der Waals surface area contributed by atoms with Crippen LogP contribution in [-0.4, -0.2) is 76.0 Å². The van der Waals surface area contributed by atoms with Gasteiger partial charge in [0.1, 0.15) is 23.9 Å². The van der Waals surface area contributed by atoms with Gasteiger partial charge in [0.05, 0.1) is 12.5 Å². The predicted molar refractivity (Wildman–Crippen MR) is 139 cm³/mol. The summed E-state index contributed by atoms with van der Waals surface area (Å²) in [6, 6.07) is 1.29. The second kappa shape index (κ2) is 15.7. The molecule has 4 amide bonds. The van der Waals surface area contributed by atoms with E-state index in [2.05, 4.69) is 16.0 Å². The molecule has 0 aliphatic carbocycles. The maximum Gasteiger partial charge on any atom is 0.326 e. The van der Waals surface area contributed by atoms with Gasteiger partial charge in [0.25, 0.3) is 0 Å². The summed E-state index contributed by atoms with van der Waals surface area (Å²) < 4.78 is 0. The fraction of sp³-hybridized carbons (Fsp3) is 0.542. The summed E-state index contributed by atoms with van der Waals surface area (Å²) in [5.74, 6) is -3.95. The zero-order valence-electron chi connectivity index (χ0n) is 21.2. The van der Waals surface area contributed by atoms with E-state index in [1.54, 1.807) is 19.1 Å². The first-order valence-corrected chi connectivity index (χ1v) is 13.2. The Balaban J connectivity index is 3.15. The Labute approximate surface area is 220 Å². The van der Waals surface area contributed by atoms with Crippen molar-refractivity contribution in [3.63, 3.8) is 0 Å². The van der Waals surface area contributed by atoms with Crippen LogP contribution in [0.3, 0.4) is 0 Å². The Morgan fingerprint density at radius 2 is 1.57 bits per heavy atom. The Morgan fingerprint density at radius 3 is 2.08 bits per heavy atom. The maximum atomic E-state index is 13.3. The lowest BCUT2D eigenvalue weighted by molar-refractivity contribution is -0.142. The number of carboxylic acid groups (broad SMARTS) is 1. The molecule has 0 fully saturated rings. The van der Waals surface area contributed by atoms with Crippen LogP contribution in [0.2, 0.25) is 0 Å². The van der Waals surface area contributed by atoms with Gasteiger partial charge in [0, 0.05) is 6.42 Å². The monoisotopic (exact) mass is 539 g/mol. The molecule has 0 saturated heterocycles. The Morgan fingerprint density at radius 1 is 0.973 bits per heavy atom. The largest absolute Gasteiger partial charge is 0.508 e. The normalized spacial score (nSPS) is 14.9. The van der Waals surface area contributed by atoms with Gasteiger partial charge in [-0.15, -0.1) is 0 Å². The van der Waals surface area contributed by atoms with Crippen molar-refractivity contribution in [2.24, 2.45) is 17.4 Å². The van der Waals surface area contributed by atoms with E-state index in [-0.39, 0.29) is 24.5 Å². The number of phenols is 1. The van der Waals surface area contributed by atoms with Crippen molar-refractivity contribution in [1.29, 1.82) is 0 Å². The van der Waals surface area contributed by atoms with E-state index in [1.807, 2.05) is 13.2 Å². The summed E-state index contributed by atoms with van der Waals surface area (Å²) >= 11 is 1.44. The van der Waals surface area contributed by atoms with Gasteiger partial charge < -0.3 is 37.6 Å². The third-order valence-electron chi connectivity index (χ3n) is 5.79. The van der Waals surface area contributed by atoms with E-state index in [1.165, 1.54) is 23.9 Å². The minimum absolute atomic E-state index is 0.0124. The molecule has 0 aliphatic rings. The third kappa shape index (κ3) is 11.1. The number of primary amides is 1. The number of hydrogen-bond acceptors (Lipinski definition) is 8. The number of rotatable bonds is 16. The van der Waals surface area contributed by atoms with Crippen molar-refractivity contribution >= 4 is 41.4 Å². The quantitative estimate of drug-likeness (QED) is 0.144. The second-order valence-corrected chi connectivity index (χ2v) is 9.75. The lowest BCUT2D eigenvalue weighted by Gasteiger charge is -2.28. The van der Waals surface area contributed by atoms with Crippen LogP contribution in [0.25, 0.3) is 0 Å². The summed E-state index contributed by atoms with van der Waals surface area (Å²) in [6.07, 6.45) is 2.09. The molecular formula is C24H37N5O7S. The highest BCUT2D eigenvalue weighted by atomic mass is 32.2. The SMILES string of the molecule is CCC(C)C(NC(=O)C(Cc1ccc(O)cc1)NC(=O)C(N)CC(N)=O)C(=O)NC(CCSC)C(=O)O. The van der Waals surface area contributed by atoms with E-state index < -0.39 is 60.2 Å². The Kier molecular flexibility index (Phi) is 13.5. The summed E-state index contributed by atoms with van der Waals surface area (Å²) in [4.78, 5) is 61.7. The molecule has 1 aromatic carbocycles. The second-order valence-electron chi connectivity index (χ2n) is 8.76. The summed E-state index contributed by atoms with van der Waals surface area (Å²) in [7, 11) is 0. The van der Waals surface area contributed by atoms with E-state index in [0.29, 0.717) is 17.7 Å². The maximum absolute atomic E-state index is 13.3. The first kappa shape index (κ1) is 31.7. The van der Waals surface area contributed by atoms with Crippen molar-refractivity contribution in [3.8, 4) is 5.75 Å². The van der Waals surface area contributed by atoms with Crippen LogP contribution in [0.15, 0.2) is 24.3 Å². The van der Waals surface area contributed by atoms with Gasteiger partial charge in [-0.25, -0.2) is 4.79 Å². The number of hydrogen-bond donors (Lipinski definition) is 7.